The maximum absolute atomic E-state index is 3.64. The average molecular weight is 260 g/mol. The minimum atomic E-state index is 0.454. The van der Waals surface area contributed by atoms with Gasteiger partial charge in [0.25, 0.3) is 0 Å². The van der Waals surface area contributed by atoms with Crippen molar-refractivity contribution in [1.29, 1.82) is 0 Å². The lowest BCUT2D eigenvalue weighted by atomic mass is 9.91. The highest BCUT2D eigenvalue weighted by Crippen LogP contribution is 2.26. The van der Waals surface area contributed by atoms with Gasteiger partial charge in [0.15, 0.2) is 0 Å². The van der Waals surface area contributed by atoms with Crippen LogP contribution in [0.1, 0.15) is 48.9 Å². The Kier molecular flexibility index (Phi) is 5.00. The van der Waals surface area contributed by atoms with Gasteiger partial charge in [-0.15, -0.1) is 0 Å². The molecule has 19 heavy (non-hydrogen) atoms. The van der Waals surface area contributed by atoms with E-state index in [4.69, 9.17) is 0 Å². The van der Waals surface area contributed by atoms with E-state index in [1.807, 2.05) is 0 Å². The van der Waals surface area contributed by atoms with E-state index in [-0.39, 0.29) is 0 Å². The highest BCUT2D eigenvalue weighted by Gasteiger charge is 2.24. The fourth-order valence-electron chi connectivity index (χ4n) is 2.78. The first-order chi connectivity index (χ1) is 9.11. The number of rotatable bonds is 6. The summed E-state index contributed by atoms with van der Waals surface area (Å²) in [5.41, 5.74) is 4.20. The molecule has 1 fully saturated rings. The molecule has 0 heterocycles. The summed E-state index contributed by atoms with van der Waals surface area (Å²) in [5, 5.41) is 3.64. The largest absolute Gasteiger partial charge is 0.309 e. The second-order valence-corrected chi connectivity index (χ2v) is 5.98. The van der Waals surface area contributed by atoms with Gasteiger partial charge in [0.1, 0.15) is 0 Å². The number of likely N-dealkylation sites (N-methyl/N-ethyl adjacent to an activating group) is 2. The summed E-state index contributed by atoms with van der Waals surface area (Å²) in [6, 6.07) is 8.14. The van der Waals surface area contributed by atoms with Gasteiger partial charge in [0.2, 0.25) is 0 Å². The van der Waals surface area contributed by atoms with Gasteiger partial charge in [-0.1, -0.05) is 31.5 Å². The molecule has 2 nitrogen and oxygen atoms in total. The van der Waals surface area contributed by atoms with E-state index in [1.54, 1.807) is 0 Å². The first kappa shape index (κ1) is 14.5. The molecule has 0 bridgehead atoms. The molecule has 1 N–H and O–H groups in total. The maximum atomic E-state index is 3.64. The third kappa shape index (κ3) is 3.58. The monoisotopic (exact) mass is 260 g/mol. The number of hydrogen-bond donors (Lipinski definition) is 1. The normalized spacial score (nSPS) is 17.5. The Morgan fingerprint density at radius 1 is 1.26 bits per heavy atom. The van der Waals surface area contributed by atoms with E-state index in [1.165, 1.54) is 36.0 Å². The van der Waals surface area contributed by atoms with Crippen LogP contribution in [-0.2, 0) is 0 Å². The van der Waals surface area contributed by atoms with Gasteiger partial charge < -0.3 is 10.2 Å². The van der Waals surface area contributed by atoms with E-state index in [0.717, 1.165) is 19.1 Å². The molecule has 2 rings (SSSR count). The SMILES string of the molecule is CCNC(CN(C)C1CCC1)c1ccc(C)c(C)c1. The molecule has 0 aromatic heterocycles. The predicted octanol–water partition coefficient (Wildman–Crippen LogP) is 3.44. The zero-order valence-corrected chi connectivity index (χ0v) is 12.9. The number of benzene rings is 1. The van der Waals surface area contributed by atoms with Crippen LogP contribution in [0.25, 0.3) is 0 Å². The van der Waals surface area contributed by atoms with Crippen LogP contribution < -0.4 is 5.32 Å². The van der Waals surface area contributed by atoms with Crippen molar-refractivity contribution < 1.29 is 0 Å². The second kappa shape index (κ2) is 6.53. The molecule has 1 atom stereocenters. The van der Waals surface area contributed by atoms with Gasteiger partial charge in [-0.25, -0.2) is 0 Å². The zero-order chi connectivity index (χ0) is 13.8. The topological polar surface area (TPSA) is 15.3 Å². The molecular weight excluding hydrogens is 232 g/mol. The van der Waals surface area contributed by atoms with Crippen molar-refractivity contribution in [3.8, 4) is 0 Å². The number of nitrogens with one attached hydrogen (secondary N) is 1. The summed E-state index contributed by atoms with van der Waals surface area (Å²) in [6.45, 7) is 8.72. The zero-order valence-electron chi connectivity index (χ0n) is 12.9. The maximum Gasteiger partial charge on any atom is 0.0449 e. The van der Waals surface area contributed by atoms with Crippen LogP contribution in [0.15, 0.2) is 18.2 Å². The van der Waals surface area contributed by atoms with Gasteiger partial charge in [-0.2, -0.15) is 0 Å². The molecule has 1 aliphatic rings. The van der Waals surface area contributed by atoms with E-state index in [9.17, 15) is 0 Å². The summed E-state index contributed by atoms with van der Waals surface area (Å²) < 4.78 is 0. The minimum absolute atomic E-state index is 0.454. The second-order valence-electron chi connectivity index (χ2n) is 5.98. The molecular formula is C17H28N2. The lowest BCUT2D eigenvalue weighted by Crippen LogP contribution is -2.42. The molecule has 106 valence electrons. The molecule has 1 aromatic rings. The van der Waals surface area contributed by atoms with Crippen LogP contribution in [0.2, 0.25) is 0 Å². The molecule has 0 saturated heterocycles. The predicted molar refractivity (Wildman–Crippen MR) is 82.6 cm³/mol. The van der Waals surface area contributed by atoms with Gasteiger partial charge in [-0.05, 0) is 57.0 Å². The third-order valence-corrected chi connectivity index (χ3v) is 4.55. The smallest absolute Gasteiger partial charge is 0.0449 e. The van der Waals surface area contributed by atoms with E-state index in [2.05, 4.69) is 56.2 Å². The molecule has 0 amide bonds. The van der Waals surface area contributed by atoms with Crippen LogP contribution in [0.5, 0.6) is 0 Å². The molecule has 1 aromatic carbocycles. The Labute approximate surface area is 118 Å². The van der Waals surface area contributed by atoms with Crippen LogP contribution >= 0.6 is 0 Å². The van der Waals surface area contributed by atoms with Crippen LogP contribution in [0.4, 0.5) is 0 Å². The summed E-state index contributed by atoms with van der Waals surface area (Å²) in [4.78, 5) is 2.53. The fourth-order valence-corrected chi connectivity index (χ4v) is 2.78. The van der Waals surface area contributed by atoms with E-state index in [0.29, 0.717) is 6.04 Å². The number of aryl methyl sites for hydroxylation is 2. The Hall–Kier alpha value is -0.860. The van der Waals surface area contributed by atoms with Gasteiger partial charge in [0.05, 0.1) is 0 Å². The van der Waals surface area contributed by atoms with Crippen molar-refractivity contribution >= 4 is 0 Å². The van der Waals surface area contributed by atoms with Gasteiger partial charge >= 0.3 is 0 Å². The molecule has 0 aliphatic heterocycles. The summed E-state index contributed by atoms with van der Waals surface area (Å²) in [7, 11) is 2.27. The van der Waals surface area contributed by atoms with Crippen LogP contribution in [0.3, 0.4) is 0 Å². The number of hydrogen-bond acceptors (Lipinski definition) is 2. The quantitative estimate of drug-likeness (QED) is 0.843. The lowest BCUT2D eigenvalue weighted by Gasteiger charge is -2.37. The highest BCUT2D eigenvalue weighted by atomic mass is 15.2. The molecule has 0 spiro atoms. The van der Waals surface area contributed by atoms with Crippen molar-refractivity contribution in [3.05, 3.63) is 34.9 Å². The summed E-state index contributed by atoms with van der Waals surface area (Å²) in [5.74, 6) is 0. The standard InChI is InChI=1S/C17H28N2/c1-5-18-17(12-19(4)16-7-6-8-16)15-10-9-13(2)14(3)11-15/h9-11,16-18H,5-8,12H2,1-4H3. The molecule has 1 saturated carbocycles. The van der Waals surface area contributed by atoms with Gasteiger partial charge in [0, 0.05) is 18.6 Å². The van der Waals surface area contributed by atoms with E-state index >= 15 is 0 Å². The Balaban J connectivity index is 2.07. The van der Waals surface area contributed by atoms with Crippen molar-refractivity contribution in [2.45, 2.75) is 52.1 Å². The molecule has 2 heteroatoms. The van der Waals surface area contributed by atoms with Crippen LogP contribution in [-0.4, -0.2) is 31.1 Å². The summed E-state index contributed by atoms with van der Waals surface area (Å²) >= 11 is 0. The number of nitrogens with zero attached hydrogens (tertiary/aromatic N) is 1. The minimum Gasteiger partial charge on any atom is -0.309 e. The first-order valence-electron chi connectivity index (χ1n) is 7.62. The molecule has 1 unspecified atom stereocenters. The van der Waals surface area contributed by atoms with Crippen molar-refractivity contribution in [2.75, 3.05) is 20.1 Å². The fraction of sp³-hybridized carbons (Fsp3) is 0.647. The van der Waals surface area contributed by atoms with Crippen molar-refractivity contribution in [2.24, 2.45) is 0 Å². The Morgan fingerprint density at radius 2 is 2.00 bits per heavy atom. The average Bonchev–Trinajstić information content (AvgIpc) is 2.30. The third-order valence-electron chi connectivity index (χ3n) is 4.55. The lowest BCUT2D eigenvalue weighted by molar-refractivity contribution is 0.145. The summed E-state index contributed by atoms with van der Waals surface area (Å²) in [6.07, 6.45) is 4.16. The Bertz CT molecular complexity index is 410. The highest BCUT2D eigenvalue weighted by molar-refractivity contribution is 5.32. The van der Waals surface area contributed by atoms with Crippen molar-refractivity contribution in [3.63, 3.8) is 0 Å². The van der Waals surface area contributed by atoms with E-state index < -0.39 is 0 Å². The Morgan fingerprint density at radius 3 is 2.53 bits per heavy atom. The molecule has 1 aliphatic carbocycles. The van der Waals surface area contributed by atoms with Crippen molar-refractivity contribution in [1.82, 2.24) is 10.2 Å². The van der Waals surface area contributed by atoms with Crippen LogP contribution in [0, 0.1) is 13.8 Å². The van der Waals surface area contributed by atoms with Gasteiger partial charge in [-0.3, -0.25) is 0 Å². The molecule has 0 radical (unpaired) electrons. The first-order valence-corrected chi connectivity index (χ1v) is 7.62.